The minimum absolute atomic E-state index is 0.0187. The van der Waals surface area contributed by atoms with Gasteiger partial charge in [0.15, 0.2) is 5.60 Å². The summed E-state index contributed by atoms with van der Waals surface area (Å²) in [5.74, 6) is -0.875. The highest BCUT2D eigenvalue weighted by molar-refractivity contribution is 9.10. The zero-order valence-corrected chi connectivity index (χ0v) is 12.6. The van der Waals surface area contributed by atoms with Crippen molar-refractivity contribution in [2.75, 3.05) is 13.1 Å². The molecule has 0 unspecified atom stereocenters. The molecule has 1 heterocycles. The number of amides is 2. The van der Waals surface area contributed by atoms with Gasteiger partial charge in [-0.1, -0.05) is 28.1 Å². The fraction of sp³-hybridized carbons (Fsp3) is 0.429. The lowest BCUT2D eigenvalue weighted by atomic mass is 9.92. The normalized spacial score (nSPS) is 22.6. The molecule has 1 saturated heterocycles. The second kappa shape index (κ2) is 5.93. The van der Waals surface area contributed by atoms with Crippen molar-refractivity contribution < 1.29 is 14.7 Å². The van der Waals surface area contributed by atoms with Crippen LogP contribution < -0.4 is 5.73 Å². The molecule has 0 radical (unpaired) electrons. The van der Waals surface area contributed by atoms with Gasteiger partial charge in [-0.15, -0.1) is 0 Å². The average molecular weight is 341 g/mol. The molecule has 0 spiro atoms. The van der Waals surface area contributed by atoms with Gasteiger partial charge in [0.1, 0.15) is 0 Å². The van der Waals surface area contributed by atoms with Crippen LogP contribution in [-0.4, -0.2) is 40.5 Å². The molecule has 2 rings (SSSR count). The van der Waals surface area contributed by atoms with Crippen LogP contribution in [0.3, 0.4) is 0 Å². The number of primary amides is 1. The van der Waals surface area contributed by atoms with E-state index in [1.54, 1.807) is 0 Å². The van der Waals surface area contributed by atoms with Crippen molar-refractivity contribution in [2.45, 2.75) is 24.9 Å². The standard InChI is InChI=1S/C14H17BrN2O3/c15-11-4-1-3-10(7-11)8-12(18)17-6-2-5-14(20,9-17)13(16)19/h1,3-4,7,20H,2,5-6,8-9H2,(H2,16,19)/t14-/m1/s1. The predicted octanol–water partition coefficient (Wildman–Crippen LogP) is 0.830. The second-order valence-corrected chi connectivity index (χ2v) is 6.04. The van der Waals surface area contributed by atoms with E-state index in [2.05, 4.69) is 15.9 Å². The summed E-state index contributed by atoms with van der Waals surface area (Å²) in [5, 5.41) is 10.1. The van der Waals surface area contributed by atoms with Crippen LogP contribution >= 0.6 is 15.9 Å². The van der Waals surface area contributed by atoms with Crippen molar-refractivity contribution in [1.82, 2.24) is 4.90 Å². The Morgan fingerprint density at radius 2 is 2.20 bits per heavy atom. The zero-order chi connectivity index (χ0) is 14.8. The molecule has 1 aromatic rings. The van der Waals surface area contributed by atoms with E-state index < -0.39 is 11.5 Å². The van der Waals surface area contributed by atoms with E-state index in [-0.39, 0.29) is 18.9 Å². The number of carbonyl (C=O) groups excluding carboxylic acids is 2. The van der Waals surface area contributed by atoms with Gasteiger partial charge in [0.2, 0.25) is 5.91 Å². The van der Waals surface area contributed by atoms with Crippen LogP contribution in [0, 0.1) is 0 Å². The molecule has 3 N–H and O–H groups in total. The Morgan fingerprint density at radius 1 is 1.45 bits per heavy atom. The van der Waals surface area contributed by atoms with Gasteiger partial charge in [-0.25, -0.2) is 0 Å². The third-order valence-corrected chi connectivity index (χ3v) is 4.02. The van der Waals surface area contributed by atoms with Gasteiger partial charge >= 0.3 is 0 Å². The van der Waals surface area contributed by atoms with E-state index >= 15 is 0 Å². The summed E-state index contributed by atoms with van der Waals surface area (Å²) in [6, 6.07) is 7.50. The van der Waals surface area contributed by atoms with E-state index in [0.29, 0.717) is 19.4 Å². The number of likely N-dealkylation sites (tertiary alicyclic amines) is 1. The van der Waals surface area contributed by atoms with Gasteiger partial charge in [-0.3, -0.25) is 9.59 Å². The minimum Gasteiger partial charge on any atom is -0.378 e. The van der Waals surface area contributed by atoms with Crippen LogP contribution in [0.25, 0.3) is 0 Å². The lowest BCUT2D eigenvalue weighted by Gasteiger charge is -2.37. The molecule has 0 bridgehead atoms. The van der Waals surface area contributed by atoms with Crippen LogP contribution in [0.2, 0.25) is 0 Å². The quantitative estimate of drug-likeness (QED) is 0.854. The monoisotopic (exact) mass is 340 g/mol. The van der Waals surface area contributed by atoms with Crippen LogP contribution in [0.4, 0.5) is 0 Å². The molecule has 1 aliphatic rings. The smallest absolute Gasteiger partial charge is 0.251 e. The first kappa shape index (κ1) is 15.0. The Labute approximate surface area is 125 Å². The molecule has 20 heavy (non-hydrogen) atoms. The van der Waals surface area contributed by atoms with Crippen LogP contribution in [0.15, 0.2) is 28.7 Å². The highest BCUT2D eigenvalue weighted by Gasteiger charge is 2.39. The number of rotatable bonds is 3. The maximum Gasteiger partial charge on any atom is 0.251 e. The first-order valence-electron chi connectivity index (χ1n) is 6.45. The Morgan fingerprint density at radius 3 is 2.85 bits per heavy atom. The molecule has 1 atom stereocenters. The second-order valence-electron chi connectivity index (χ2n) is 5.12. The summed E-state index contributed by atoms with van der Waals surface area (Å²) in [4.78, 5) is 25.0. The summed E-state index contributed by atoms with van der Waals surface area (Å²) in [6.45, 7) is 0.525. The third kappa shape index (κ3) is 3.37. The minimum atomic E-state index is -1.59. The fourth-order valence-electron chi connectivity index (χ4n) is 2.38. The third-order valence-electron chi connectivity index (χ3n) is 3.53. The number of nitrogens with zero attached hydrogens (tertiary/aromatic N) is 1. The molecule has 0 saturated carbocycles. The van der Waals surface area contributed by atoms with Crippen LogP contribution in [-0.2, 0) is 16.0 Å². The zero-order valence-electron chi connectivity index (χ0n) is 11.0. The predicted molar refractivity (Wildman–Crippen MR) is 77.8 cm³/mol. The van der Waals surface area contributed by atoms with Gasteiger partial charge in [0.25, 0.3) is 5.91 Å². The van der Waals surface area contributed by atoms with Crippen molar-refractivity contribution in [2.24, 2.45) is 5.73 Å². The Balaban J connectivity index is 2.04. The van der Waals surface area contributed by atoms with Gasteiger partial charge in [0, 0.05) is 11.0 Å². The topological polar surface area (TPSA) is 83.6 Å². The molecular formula is C14H17BrN2O3. The maximum atomic E-state index is 12.2. The number of benzene rings is 1. The van der Waals surface area contributed by atoms with E-state index in [9.17, 15) is 14.7 Å². The number of hydrogen-bond donors (Lipinski definition) is 2. The summed E-state index contributed by atoms with van der Waals surface area (Å²) >= 11 is 3.36. The lowest BCUT2D eigenvalue weighted by molar-refractivity contribution is -0.148. The van der Waals surface area contributed by atoms with E-state index in [1.807, 2.05) is 24.3 Å². The van der Waals surface area contributed by atoms with Crippen LogP contribution in [0.1, 0.15) is 18.4 Å². The highest BCUT2D eigenvalue weighted by atomic mass is 79.9. The van der Waals surface area contributed by atoms with Gasteiger partial charge in [-0.2, -0.15) is 0 Å². The molecule has 108 valence electrons. The van der Waals surface area contributed by atoms with Gasteiger partial charge < -0.3 is 15.7 Å². The first-order chi connectivity index (χ1) is 9.40. The molecule has 2 amide bonds. The molecular weight excluding hydrogens is 324 g/mol. The molecule has 1 fully saturated rings. The Kier molecular flexibility index (Phi) is 4.45. The van der Waals surface area contributed by atoms with Crippen molar-refractivity contribution >= 4 is 27.7 Å². The van der Waals surface area contributed by atoms with Gasteiger partial charge in [-0.05, 0) is 30.5 Å². The van der Waals surface area contributed by atoms with E-state index in [4.69, 9.17) is 5.73 Å². The number of nitrogens with two attached hydrogens (primary N) is 1. The number of aliphatic hydroxyl groups is 1. The number of halogens is 1. The summed E-state index contributed by atoms with van der Waals surface area (Å²) in [6.07, 6.45) is 1.13. The molecule has 1 aromatic carbocycles. The van der Waals surface area contributed by atoms with E-state index in [0.717, 1.165) is 10.0 Å². The number of carbonyl (C=O) groups is 2. The molecule has 6 heteroatoms. The summed E-state index contributed by atoms with van der Waals surface area (Å²) in [7, 11) is 0. The summed E-state index contributed by atoms with van der Waals surface area (Å²) < 4.78 is 0.912. The number of hydrogen-bond acceptors (Lipinski definition) is 3. The van der Waals surface area contributed by atoms with Crippen molar-refractivity contribution in [3.8, 4) is 0 Å². The largest absolute Gasteiger partial charge is 0.378 e. The van der Waals surface area contributed by atoms with Crippen molar-refractivity contribution in [3.63, 3.8) is 0 Å². The maximum absolute atomic E-state index is 12.2. The summed E-state index contributed by atoms with van der Waals surface area (Å²) in [5.41, 5.74) is 4.50. The Hall–Kier alpha value is -1.40. The highest BCUT2D eigenvalue weighted by Crippen LogP contribution is 2.22. The number of β-amino-alcohol motifs (C(OH)–C–C–N with tert-alkyl or cyclic N) is 1. The lowest BCUT2D eigenvalue weighted by Crippen LogP contribution is -2.57. The van der Waals surface area contributed by atoms with E-state index in [1.165, 1.54) is 4.90 Å². The average Bonchev–Trinajstić information content (AvgIpc) is 2.38. The van der Waals surface area contributed by atoms with Crippen molar-refractivity contribution in [1.29, 1.82) is 0 Å². The molecule has 1 aliphatic heterocycles. The molecule has 0 aliphatic carbocycles. The van der Waals surface area contributed by atoms with Crippen LogP contribution in [0.5, 0.6) is 0 Å². The first-order valence-corrected chi connectivity index (χ1v) is 7.24. The fourth-order valence-corrected chi connectivity index (χ4v) is 2.83. The molecule has 5 nitrogen and oxygen atoms in total. The SMILES string of the molecule is NC(=O)[C@@]1(O)CCCN(C(=O)Cc2cccc(Br)c2)C1. The van der Waals surface area contributed by atoms with Gasteiger partial charge in [0.05, 0.1) is 13.0 Å². The van der Waals surface area contributed by atoms with Crippen molar-refractivity contribution in [3.05, 3.63) is 34.3 Å². The number of piperidine rings is 1. The molecule has 0 aromatic heterocycles. The Bertz CT molecular complexity index is 535.